The largest absolute Gasteiger partial charge is 0.390 e. The predicted molar refractivity (Wildman–Crippen MR) is 183 cm³/mol. The van der Waals surface area contributed by atoms with Crippen LogP contribution in [0.15, 0.2) is 85.2 Å². The van der Waals surface area contributed by atoms with Gasteiger partial charge in [0.25, 0.3) is 5.91 Å². The Labute approximate surface area is 264 Å². The molecule has 244 valence electrons. The first-order valence-electron chi connectivity index (χ1n) is 15.9. The Hall–Kier alpha value is -3.29. The third-order valence-corrected chi connectivity index (χ3v) is 7.87. The van der Waals surface area contributed by atoms with Crippen LogP contribution in [0.2, 0.25) is 0 Å². The average molecular weight is 612 g/mol. The topological polar surface area (TPSA) is 73.4 Å². The summed E-state index contributed by atoms with van der Waals surface area (Å²) >= 11 is 0. The van der Waals surface area contributed by atoms with Crippen molar-refractivity contribution in [2.45, 2.75) is 96.2 Å². The van der Waals surface area contributed by atoms with Crippen LogP contribution in [-0.4, -0.2) is 43.9 Å². The van der Waals surface area contributed by atoms with Crippen LogP contribution in [0.3, 0.4) is 0 Å². The van der Waals surface area contributed by atoms with E-state index in [0.717, 1.165) is 31.4 Å². The molecule has 0 saturated heterocycles. The fraction of sp³-hybridized carbons (Fsp3) is 0.486. The minimum Gasteiger partial charge on any atom is -0.390 e. The fourth-order valence-corrected chi connectivity index (χ4v) is 5.42. The van der Waals surface area contributed by atoms with Gasteiger partial charge in [-0.05, 0) is 73.1 Å². The van der Waals surface area contributed by atoms with E-state index in [4.69, 9.17) is 0 Å². The molecule has 0 aliphatic heterocycles. The number of allylic oxidation sites excluding steroid dienone is 5. The summed E-state index contributed by atoms with van der Waals surface area (Å²) in [7, 11) is 2.30. The number of halogens is 2. The van der Waals surface area contributed by atoms with Gasteiger partial charge in [0, 0.05) is 30.4 Å². The summed E-state index contributed by atoms with van der Waals surface area (Å²) in [5.74, 6) is -0.207. The molecular weight excluding hydrogens is 556 g/mol. The molecule has 0 bridgehead atoms. The minimum absolute atomic E-state index is 0.221. The van der Waals surface area contributed by atoms with E-state index < -0.39 is 12.1 Å². The monoisotopic (exact) mass is 611 g/mol. The maximum absolute atomic E-state index is 14.1. The third-order valence-electron chi connectivity index (χ3n) is 7.87. The maximum Gasteiger partial charge on any atom is 0.251 e. The molecular formula is C37H55F2N3O2. The molecule has 1 saturated carbocycles. The van der Waals surface area contributed by atoms with Crippen LogP contribution in [0, 0.1) is 0 Å². The molecule has 0 spiro atoms. The van der Waals surface area contributed by atoms with Gasteiger partial charge in [0.15, 0.2) is 0 Å². The Kier molecular flexibility index (Phi) is 18.9. The Balaban J connectivity index is 0.00000232. The Morgan fingerprint density at radius 3 is 2.39 bits per heavy atom. The lowest BCUT2D eigenvalue weighted by Gasteiger charge is -2.40. The summed E-state index contributed by atoms with van der Waals surface area (Å²) in [6, 6.07) is 15.4. The predicted octanol–water partition coefficient (Wildman–Crippen LogP) is 8.75. The summed E-state index contributed by atoms with van der Waals surface area (Å²) < 4.78 is 23.6. The van der Waals surface area contributed by atoms with Gasteiger partial charge in [-0.2, -0.15) is 0 Å². The molecule has 5 nitrogen and oxygen atoms in total. The van der Waals surface area contributed by atoms with Crippen molar-refractivity contribution in [2.75, 3.05) is 26.1 Å². The van der Waals surface area contributed by atoms with Gasteiger partial charge in [-0.3, -0.25) is 9.18 Å². The lowest BCUT2D eigenvalue weighted by Crippen LogP contribution is -2.52. The first-order chi connectivity index (χ1) is 21.3. The van der Waals surface area contributed by atoms with Crippen molar-refractivity contribution in [2.24, 2.45) is 0 Å². The number of anilines is 1. The third kappa shape index (κ3) is 12.4. The number of carbonyl (C=O) groups excluding carboxylic acids is 1. The molecule has 7 heteroatoms. The van der Waals surface area contributed by atoms with E-state index in [1.54, 1.807) is 19.2 Å². The SMILES string of the molecule is C=C/C=C\C(F)=C/CCC(NC(=O)c1cccc(NC)c1)C(O)CNC1(c2cccc(C(C)C)c2)CCCCC1.CC.CF. The summed E-state index contributed by atoms with van der Waals surface area (Å²) in [6.07, 6.45) is 11.2. The summed E-state index contributed by atoms with van der Waals surface area (Å²) in [5, 5.41) is 21.2. The molecule has 1 fully saturated rings. The summed E-state index contributed by atoms with van der Waals surface area (Å²) in [4.78, 5) is 13.2. The number of benzene rings is 2. The lowest BCUT2D eigenvalue weighted by molar-refractivity contribution is 0.0775. The van der Waals surface area contributed by atoms with Gasteiger partial charge < -0.3 is 21.1 Å². The number of aliphatic hydroxyl groups is 1. The van der Waals surface area contributed by atoms with E-state index in [0.29, 0.717) is 38.0 Å². The van der Waals surface area contributed by atoms with Gasteiger partial charge in [0.2, 0.25) is 0 Å². The molecule has 4 N–H and O–H groups in total. The van der Waals surface area contributed by atoms with Crippen molar-refractivity contribution in [3.8, 4) is 0 Å². The van der Waals surface area contributed by atoms with Crippen molar-refractivity contribution in [1.82, 2.24) is 10.6 Å². The standard InChI is InChI=1S/C34H46FN3O2.C2H6.CH3F/c1-5-6-16-29(35)17-12-19-31(38-33(40)27-14-11-18-30(23-27)36-4)32(39)24-37-34(20-8-7-9-21-34)28-15-10-13-26(22-28)25(2)3;2*1-2/h5-6,10-11,13-18,22-23,25,31-32,36-37,39H,1,7-9,12,19-21,24H2,2-4H3,(H,38,40);1-2H3;1H3/b16-6-,29-17+;;. The number of hydrogen-bond acceptors (Lipinski definition) is 4. The van der Waals surface area contributed by atoms with E-state index in [2.05, 4.69) is 60.6 Å². The molecule has 0 radical (unpaired) electrons. The van der Waals surface area contributed by atoms with E-state index in [1.807, 2.05) is 26.0 Å². The minimum atomic E-state index is -0.858. The number of aliphatic hydroxyl groups excluding tert-OH is 1. The van der Waals surface area contributed by atoms with Crippen LogP contribution in [0.1, 0.15) is 100 Å². The second-order valence-corrected chi connectivity index (χ2v) is 11.0. The molecule has 2 aromatic rings. The van der Waals surface area contributed by atoms with E-state index in [9.17, 15) is 18.7 Å². The Morgan fingerprint density at radius 2 is 1.75 bits per heavy atom. The molecule has 2 aromatic carbocycles. The van der Waals surface area contributed by atoms with E-state index in [-0.39, 0.29) is 17.3 Å². The fourth-order valence-electron chi connectivity index (χ4n) is 5.42. The molecule has 2 atom stereocenters. The van der Waals surface area contributed by atoms with Crippen LogP contribution < -0.4 is 16.0 Å². The number of hydrogen-bond donors (Lipinski definition) is 4. The Bertz CT molecular complexity index is 1170. The van der Waals surface area contributed by atoms with Crippen LogP contribution in [0.5, 0.6) is 0 Å². The smallest absolute Gasteiger partial charge is 0.251 e. The van der Waals surface area contributed by atoms with Crippen molar-refractivity contribution >= 4 is 11.6 Å². The van der Waals surface area contributed by atoms with Gasteiger partial charge in [0.05, 0.1) is 19.3 Å². The zero-order chi connectivity index (χ0) is 33.0. The van der Waals surface area contributed by atoms with Crippen molar-refractivity contribution in [3.05, 3.63) is 102 Å². The zero-order valence-corrected chi connectivity index (χ0v) is 27.6. The molecule has 0 heterocycles. The van der Waals surface area contributed by atoms with Gasteiger partial charge in [-0.15, -0.1) is 0 Å². The van der Waals surface area contributed by atoms with Crippen LogP contribution in [0.4, 0.5) is 14.5 Å². The number of alkyl halides is 1. The second-order valence-electron chi connectivity index (χ2n) is 11.0. The van der Waals surface area contributed by atoms with Crippen molar-refractivity contribution in [1.29, 1.82) is 0 Å². The number of rotatable bonds is 14. The molecule has 1 amide bonds. The van der Waals surface area contributed by atoms with Gasteiger partial charge in [-0.25, -0.2) is 4.39 Å². The Morgan fingerprint density at radius 1 is 1.07 bits per heavy atom. The number of carbonyl (C=O) groups is 1. The van der Waals surface area contributed by atoms with Crippen LogP contribution in [-0.2, 0) is 5.54 Å². The summed E-state index contributed by atoms with van der Waals surface area (Å²) in [5.41, 5.74) is 3.67. The summed E-state index contributed by atoms with van der Waals surface area (Å²) in [6.45, 7) is 12.3. The van der Waals surface area contributed by atoms with Crippen molar-refractivity contribution < 1.29 is 18.7 Å². The quantitative estimate of drug-likeness (QED) is 0.161. The zero-order valence-electron chi connectivity index (χ0n) is 27.6. The lowest BCUT2D eigenvalue weighted by atomic mass is 9.75. The molecule has 1 aliphatic carbocycles. The maximum atomic E-state index is 14.1. The first kappa shape index (κ1) is 38.7. The number of amides is 1. The van der Waals surface area contributed by atoms with Gasteiger partial charge >= 0.3 is 0 Å². The van der Waals surface area contributed by atoms with Gasteiger partial charge in [-0.1, -0.05) is 96.0 Å². The highest BCUT2D eigenvalue weighted by atomic mass is 19.1. The number of nitrogens with one attached hydrogen (secondary N) is 3. The highest BCUT2D eigenvalue weighted by Gasteiger charge is 2.35. The van der Waals surface area contributed by atoms with E-state index >= 15 is 0 Å². The molecule has 3 rings (SSSR count). The average Bonchev–Trinajstić information content (AvgIpc) is 3.08. The highest BCUT2D eigenvalue weighted by Crippen LogP contribution is 2.38. The molecule has 1 aliphatic rings. The molecule has 0 aromatic heterocycles. The highest BCUT2D eigenvalue weighted by molar-refractivity contribution is 5.95. The van der Waals surface area contributed by atoms with E-state index in [1.165, 1.54) is 41.9 Å². The van der Waals surface area contributed by atoms with Crippen LogP contribution >= 0.6 is 0 Å². The van der Waals surface area contributed by atoms with Crippen molar-refractivity contribution in [3.63, 3.8) is 0 Å². The first-order valence-corrected chi connectivity index (χ1v) is 15.9. The van der Waals surface area contributed by atoms with Gasteiger partial charge in [0.1, 0.15) is 5.83 Å². The molecule has 44 heavy (non-hydrogen) atoms. The van der Waals surface area contributed by atoms with Crippen LogP contribution in [0.25, 0.3) is 0 Å². The normalized spacial score (nSPS) is 15.7. The molecule has 2 unspecified atom stereocenters. The second kappa shape index (κ2) is 21.4.